The van der Waals surface area contributed by atoms with Gasteiger partial charge in [-0.15, -0.1) is 0 Å². The molecule has 0 saturated heterocycles. The Balaban J connectivity index is 1.56. The monoisotopic (exact) mass is 463 g/mol. The molecule has 2 heterocycles. The van der Waals surface area contributed by atoms with Crippen LogP contribution < -0.4 is 9.64 Å². The van der Waals surface area contributed by atoms with Crippen LogP contribution in [0.25, 0.3) is 17.2 Å². The average Bonchev–Trinajstić information content (AvgIpc) is 2.84. The number of esters is 1. The van der Waals surface area contributed by atoms with Crippen molar-refractivity contribution in [1.29, 1.82) is 0 Å². The quantitative estimate of drug-likeness (QED) is 0.317. The van der Waals surface area contributed by atoms with Crippen molar-refractivity contribution in [2.75, 3.05) is 44.4 Å². The van der Waals surface area contributed by atoms with Crippen LogP contribution >= 0.6 is 0 Å². The van der Waals surface area contributed by atoms with Gasteiger partial charge in [-0.2, -0.15) is 0 Å². The van der Waals surface area contributed by atoms with Crippen LogP contribution in [0, 0.1) is 0 Å². The fourth-order valence-corrected chi connectivity index (χ4v) is 4.78. The fraction of sp³-hybridized carbons (Fsp3) is 0.483. The lowest BCUT2D eigenvalue weighted by Gasteiger charge is -2.34. The number of hydrogen-bond acceptors (Lipinski definition) is 5. The lowest BCUT2D eigenvalue weighted by atomic mass is 9.90. The maximum atomic E-state index is 12.5. The maximum absolute atomic E-state index is 12.5. The summed E-state index contributed by atoms with van der Waals surface area (Å²) in [6.45, 7) is 8.44. The molecule has 2 aliphatic heterocycles. The number of unbranched alkanes of at least 4 members (excludes halogenated alkanes) is 1. The van der Waals surface area contributed by atoms with E-state index in [-0.39, 0.29) is 5.97 Å². The molecule has 0 bridgehead atoms. The molecule has 182 valence electrons. The molecule has 2 aromatic carbocycles. The molecule has 0 N–H and O–H groups in total. The largest absolute Gasteiger partial charge is 0.491 e. The summed E-state index contributed by atoms with van der Waals surface area (Å²) in [5.74, 6) is 0.664. The maximum Gasteiger partial charge on any atom is 0.334 e. The first-order valence-corrected chi connectivity index (χ1v) is 12.8. The molecule has 5 heteroatoms. The van der Waals surface area contributed by atoms with Crippen molar-refractivity contribution in [3.63, 3.8) is 0 Å². The second-order valence-corrected chi connectivity index (χ2v) is 9.00. The van der Waals surface area contributed by atoms with Gasteiger partial charge in [-0.3, -0.25) is 0 Å². The molecule has 2 aromatic rings. The molecule has 2 aliphatic rings. The minimum absolute atomic E-state index is 0.189. The lowest BCUT2D eigenvalue weighted by molar-refractivity contribution is -0.138. The standard InChI is InChI=1S/C29H37NO4/c1-3-5-16-32-17-18-34-27-12-10-22(11-13-27)25-19-23-8-6-14-30-15-7-9-24(29(31)33-4-2)20-26(21-25)28(23)30/h10-13,19-21H,3-9,14-18H2,1-2H3/b24-20+. The molecular formula is C29H37NO4. The topological polar surface area (TPSA) is 48.0 Å². The minimum atomic E-state index is -0.189. The number of carbonyl (C=O) groups excluding carboxylic acids is 1. The summed E-state index contributed by atoms with van der Waals surface area (Å²) in [5.41, 5.74) is 6.88. The van der Waals surface area contributed by atoms with E-state index in [4.69, 9.17) is 14.2 Å². The predicted molar refractivity (Wildman–Crippen MR) is 137 cm³/mol. The van der Waals surface area contributed by atoms with Crippen molar-refractivity contribution in [2.45, 2.75) is 52.4 Å². The summed E-state index contributed by atoms with van der Waals surface area (Å²) in [4.78, 5) is 15.0. The molecular weight excluding hydrogens is 426 g/mol. The third-order valence-electron chi connectivity index (χ3n) is 6.48. The Morgan fingerprint density at radius 1 is 0.941 bits per heavy atom. The third kappa shape index (κ3) is 6.01. The van der Waals surface area contributed by atoms with Crippen LogP contribution in [-0.4, -0.2) is 45.5 Å². The summed E-state index contributed by atoms with van der Waals surface area (Å²) < 4.78 is 16.7. The number of hydrogen-bond donors (Lipinski definition) is 0. The molecule has 0 radical (unpaired) electrons. The van der Waals surface area contributed by atoms with E-state index in [2.05, 4.69) is 42.2 Å². The van der Waals surface area contributed by atoms with E-state index in [0.717, 1.165) is 80.7 Å². The summed E-state index contributed by atoms with van der Waals surface area (Å²) in [5, 5.41) is 0. The van der Waals surface area contributed by atoms with Gasteiger partial charge in [0.25, 0.3) is 0 Å². The molecule has 0 fully saturated rings. The highest BCUT2D eigenvalue weighted by Gasteiger charge is 2.24. The highest BCUT2D eigenvalue weighted by molar-refractivity contribution is 5.96. The number of rotatable bonds is 10. The second kappa shape index (κ2) is 12.1. The molecule has 0 atom stereocenters. The van der Waals surface area contributed by atoms with Gasteiger partial charge in [0.2, 0.25) is 0 Å². The van der Waals surface area contributed by atoms with Gasteiger partial charge in [-0.25, -0.2) is 4.79 Å². The first kappa shape index (κ1) is 24.3. The van der Waals surface area contributed by atoms with Crippen molar-refractivity contribution >= 4 is 17.7 Å². The average molecular weight is 464 g/mol. The van der Waals surface area contributed by atoms with Gasteiger partial charge in [0.05, 0.1) is 13.2 Å². The van der Waals surface area contributed by atoms with E-state index in [1.165, 1.54) is 16.8 Å². The highest BCUT2D eigenvalue weighted by atomic mass is 16.5. The normalized spacial score (nSPS) is 16.6. The van der Waals surface area contributed by atoms with E-state index in [1.54, 1.807) is 0 Å². The van der Waals surface area contributed by atoms with Crippen molar-refractivity contribution < 1.29 is 19.0 Å². The Bertz CT molecular complexity index is 996. The molecule has 4 rings (SSSR count). The Hall–Kier alpha value is -2.79. The van der Waals surface area contributed by atoms with E-state index in [1.807, 2.05) is 19.1 Å². The fourth-order valence-electron chi connectivity index (χ4n) is 4.78. The molecule has 0 unspecified atom stereocenters. The first-order chi connectivity index (χ1) is 16.7. The predicted octanol–water partition coefficient (Wildman–Crippen LogP) is 6.04. The van der Waals surface area contributed by atoms with Crippen molar-refractivity contribution in [3.8, 4) is 16.9 Å². The zero-order valence-corrected chi connectivity index (χ0v) is 20.6. The SMILES string of the molecule is CCCCOCCOc1ccc(-c2cc3c4c(c2)CCCN4CCC/C(C(=O)OCC)=C\3)cc1. The second-order valence-electron chi connectivity index (χ2n) is 9.00. The summed E-state index contributed by atoms with van der Waals surface area (Å²) in [6, 6.07) is 12.8. The van der Waals surface area contributed by atoms with Crippen LogP contribution in [0.2, 0.25) is 0 Å². The van der Waals surface area contributed by atoms with E-state index in [0.29, 0.717) is 19.8 Å². The molecule has 0 saturated carbocycles. The van der Waals surface area contributed by atoms with Crippen LogP contribution in [0.1, 0.15) is 57.1 Å². The number of benzene rings is 2. The van der Waals surface area contributed by atoms with Crippen molar-refractivity contribution in [3.05, 3.63) is 53.1 Å². The Morgan fingerprint density at radius 3 is 2.50 bits per heavy atom. The Morgan fingerprint density at radius 2 is 1.74 bits per heavy atom. The summed E-state index contributed by atoms with van der Waals surface area (Å²) in [7, 11) is 0. The van der Waals surface area contributed by atoms with Gasteiger partial charge in [0, 0.05) is 31.0 Å². The molecule has 0 amide bonds. The molecule has 0 aliphatic carbocycles. The van der Waals surface area contributed by atoms with Crippen LogP contribution in [0.4, 0.5) is 5.69 Å². The number of ether oxygens (including phenoxy) is 3. The summed E-state index contributed by atoms with van der Waals surface area (Å²) >= 11 is 0. The van der Waals surface area contributed by atoms with Gasteiger partial charge in [0.1, 0.15) is 12.4 Å². The lowest BCUT2D eigenvalue weighted by Crippen LogP contribution is -2.32. The number of nitrogens with zero attached hydrogens (tertiary/aromatic N) is 1. The number of aryl methyl sites for hydroxylation is 1. The molecule has 5 nitrogen and oxygen atoms in total. The summed E-state index contributed by atoms with van der Waals surface area (Å²) in [6.07, 6.45) is 8.25. The minimum Gasteiger partial charge on any atom is -0.491 e. The van der Waals surface area contributed by atoms with Gasteiger partial charge in [-0.05, 0) is 91.6 Å². The smallest absolute Gasteiger partial charge is 0.334 e. The van der Waals surface area contributed by atoms with Crippen molar-refractivity contribution in [1.82, 2.24) is 0 Å². The zero-order chi connectivity index (χ0) is 23.8. The van der Waals surface area contributed by atoms with Crippen LogP contribution in [-0.2, 0) is 20.7 Å². The van der Waals surface area contributed by atoms with E-state index >= 15 is 0 Å². The molecule has 0 aromatic heterocycles. The number of anilines is 1. The van der Waals surface area contributed by atoms with Gasteiger partial charge < -0.3 is 19.1 Å². The number of carbonyl (C=O) groups is 1. The zero-order valence-electron chi connectivity index (χ0n) is 20.6. The van der Waals surface area contributed by atoms with Crippen molar-refractivity contribution in [2.24, 2.45) is 0 Å². The van der Waals surface area contributed by atoms with E-state index < -0.39 is 0 Å². The van der Waals surface area contributed by atoms with Crippen LogP contribution in [0.3, 0.4) is 0 Å². The van der Waals surface area contributed by atoms with E-state index in [9.17, 15) is 4.79 Å². The van der Waals surface area contributed by atoms with Crippen LogP contribution in [0.15, 0.2) is 42.0 Å². The van der Waals surface area contributed by atoms with Gasteiger partial charge in [0.15, 0.2) is 0 Å². The van der Waals surface area contributed by atoms with Gasteiger partial charge >= 0.3 is 5.97 Å². The molecule has 0 spiro atoms. The van der Waals surface area contributed by atoms with Crippen LogP contribution in [0.5, 0.6) is 5.75 Å². The highest BCUT2D eigenvalue weighted by Crippen LogP contribution is 2.38. The Labute approximate surface area is 203 Å². The van der Waals surface area contributed by atoms with Gasteiger partial charge in [-0.1, -0.05) is 25.5 Å². The first-order valence-electron chi connectivity index (χ1n) is 12.8. The Kier molecular flexibility index (Phi) is 8.64. The molecule has 34 heavy (non-hydrogen) atoms. The third-order valence-corrected chi connectivity index (χ3v) is 6.48.